The van der Waals surface area contributed by atoms with Crippen LogP contribution in [0.15, 0.2) is 30.9 Å². The second kappa shape index (κ2) is 5.08. The summed E-state index contributed by atoms with van der Waals surface area (Å²) in [6.45, 7) is 0.816. The maximum atomic E-state index is 5.85. The van der Waals surface area contributed by atoms with E-state index in [-0.39, 0.29) is 6.23 Å². The highest BCUT2D eigenvalue weighted by atomic mass is 35.5. The molecule has 5 heteroatoms. The minimum absolute atomic E-state index is 0.0775. The zero-order valence-corrected chi connectivity index (χ0v) is 10.7. The molecule has 2 aromatic rings. The molecule has 0 amide bonds. The number of hydrogen-bond donors (Lipinski definition) is 0. The van der Waals surface area contributed by atoms with Gasteiger partial charge in [0.1, 0.15) is 6.23 Å². The van der Waals surface area contributed by atoms with Gasteiger partial charge in [-0.15, -0.1) is 0 Å². The fraction of sp³-hybridized carbons (Fsp3) is 0.385. The van der Waals surface area contributed by atoms with Crippen molar-refractivity contribution in [2.24, 2.45) is 0 Å². The number of halogens is 1. The van der Waals surface area contributed by atoms with Gasteiger partial charge in [0, 0.05) is 12.8 Å². The van der Waals surface area contributed by atoms with E-state index in [1.54, 1.807) is 6.20 Å². The first-order chi connectivity index (χ1) is 8.84. The van der Waals surface area contributed by atoms with Crippen molar-refractivity contribution in [1.82, 2.24) is 14.5 Å². The van der Waals surface area contributed by atoms with Crippen molar-refractivity contribution in [3.05, 3.63) is 35.9 Å². The largest absolute Gasteiger partial charge is 0.358 e. The van der Waals surface area contributed by atoms with Gasteiger partial charge in [0.25, 0.3) is 0 Å². The van der Waals surface area contributed by atoms with Crippen LogP contribution in [-0.2, 0) is 4.74 Å². The Morgan fingerprint density at radius 3 is 2.94 bits per heavy atom. The highest BCUT2D eigenvalue weighted by Gasteiger charge is 2.19. The molecule has 1 unspecified atom stereocenters. The second-order valence-corrected chi connectivity index (χ2v) is 4.81. The first-order valence-electron chi connectivity index (χ1n) is 6.10. The van der Waals surface area contributed by atoms with Crippen molar-refractivity contribution in [2.45, 2.75) is 25.5 Å². The van der Waals surface area contributed by atoms with Crippen molar-refractivity contribution in [1.29, 1.82) is 0 Å². The smallest absolute Gasteiger partial charge is 0.135 e. The number of ether oxygens (including phenoxy) is 1. The van der Waals surface area contributed by atoms with Gasteiger partial charge in [0.2, 0.25) is 0 Å². The molecule has 0 aliphatic carbocycles. The highest BCUT2D eigenvalue weighted by Crippen LogP contribution is 2.28. The predicted molar refractivity (Wildman–Crippen MR) is 69.3 cm³/mol. The lowest BCUT2D eigenvalue weighted by Crippen LogP contribution is -2.18. The zero-order valence-electron chi connectivity index (χ0n) is 9.92. The fourth-order valence-corrected chi connectivity index (χ4v) is 2.31. The third kappa shape index (κ3) is 2.26. The molecule has 1 aliphatic heterocycles. The molecular weight excluding hydrogens is 250 g/mol. The molecule has 0 radical (unpaired) electrons. The topological polar surface area (TPSA) is 39.9 Å². The van der Waals surface area contributed by atoms with Crippen LogP contribution < -0.4 is 0 Å². The Balaban J connectivity index is 1.93. The van der Waals surface area contributed by atoms with Crippen LogP contribution in [0.2, 0.25) is 5.02 Å². The van der Waals surface area contributed by atoms with E-state index in [9.17, 15) is 0 Å². The molecule has 3 heterocycles. The van der Waals surface area contributed by atoms with Crippen molar-refractivity contribution < 1.29 is 4.74 Å². The summed E-state index contributed by atoms with van der Waals surface area (Å²) in [5, 5.41) is 0.638. The molecule has 0 spiro atoms. The summed E-state index contributed by atoms with van der Waals surface area (Å²) in [6, 6.07) is 3.74. The lowest BCUT2D eigenvalue weighted by Gasteiger charge is -2.25. The predicted octanol–water partition coefficient (Wildman–Crippen LogP) is 3.30. The number of hydrogen-bond acceptors (Lipinski definition) is 3. The number of rotatable bonds is 2. The highest BCUT2D eigenvalue weighted by molar-refractivity contribution is 6.30. The summed E-state index contributed by atoms with van der Waals surface area (Å²) in [7, 11) is 0. The fourth-order valence-electron chi connectivity index (χ4n) is 2.20. The van der Waals surface area contributed by atoms with E-state index in [2.05, 4.69) is 14.5 Å². The molecule has 0 bridgehead atoms. The van der Waals surface area contributed by atoms with Gasteiger partial charge in [-0.3, -0.25) is 4.98 Å². The third-order valence-corrected chi connectivity index (χ3v) is 3.35. The van der Waals surface area contributed by atoms with Gasteiger partial charge in [0.15, 0.2) is 0 Å². The second-order valence-electron chi connectivity index (χ2n) is 4.37. The quantitative estimate of drug-likeness (QED) is 0.835. The average molecular weight is 264 g/mol. The molecule has 1 aliphatic rings. The number of pyridine rings is 1. The normalized spacial score (nSPS) is 19.9. The Bertz CT molecular complexity index is 517. The van der Waals surface area contributed by atoms with E-state index in [0.717, 1.165) is 30.8 Å². The molecule has 0 N–H and O–H groups in total. The van der Waals surface area contributed by atoms with E-state index in [1.165, 1.54) is 6.42 Å². The van der Waals surface area contributed by atoms with Crippen molar-refractivity contribution in [2.75, 3.05) is 6.61 Å². The first kappa shape index (κ1) is 11.7. The Kier molecular flexibility index (Phi) is 3.30. The summed E-state index contributed by atoms with van der Waals surface area (Å²) in [4.78, 5) is 8.53. The number of imidazole rings is 1. The van der Waals surface area contributed by atoms with Gasteiger partial charge >= 0.3 is 0 Å². The van der Waals surface area contributed by atoms with Crippen LogP contribution in [0.1, 0.15) is 25.5 Å². The van der Waals surface area contributed by atoms with Crippen LogP contribution in [0.3, 0.4) is 0 Å². The maximum Gasteiger partial charge on any atom is 0.135 e. The zero-order chi connectivity index (χ0) is 12.4. The molecule has 18 heavy (non-hydrogen) atoms. The summed E-state index contributed by atoms with van der Waals surface area (Å²) >= 11 is 5.85. The van der Waals surface area contributed by atoms with E-state index in [4.69, 9.17) is 16.3 Å². The molecule has 1 fully saturated rings. The molecule has 0 saturated carbocycles. The molecule has 1 atom stereocenters. The average Bonchev–Trinajstić information content (AvgIpc) is 2.90. The molecule has 94 valence electrons. The van der Waals surface area contributed by atoms with Crippen LogP contribution in [0.25, 0.3) is 11.4 Å². The minimum Gasteiger partial charge on any atom is -0.358 e. The summed E-state index contributed by atoms with van der Waals surface area (Å²) in [6.07, 6.45) is 8.70. The molecule has 3 rings (SSSR count). The summed E-state index contributed by atoms with van der Waals surface area (Å²) in [5.41, 5.74) is 1.84. The first-order valence-corrected chi connectivity index (χ1v) is 6.48. The number of aromatic nitrogens is 3. The molecule has 2 aromatic heterocycles. The summed E-state index contributed by atoms with van der Waals surface area (Å²) < 4.78 is 7.83. The minimum atomic E-state index is 0.0775. The lowest BCUT2D eigenvalue weighted by molar-refractivity contribution is -0.0310. The van der Waals surface area contributed by atoms with E-state index >= 15 is 0 Å². The van der Waals surface area contributed by atoms with Gasteiger partial charge in [0.05, 0.1) is 28.9 Å². The number of nitrogens with zero attached hydrogens (tertiary/aromatic N) is 3. The van der Waals surface area contributed by atoms with Crippen LogP contribution in [0, 0.1) is 0 Å². The maximum absolute atomic E-state index is 5.85. The molecular formula is C13H14ClN3O. The molecule has 4 nitrogen and oxygen atoms in total. The van der Waals surface area contributed by atoms with Gasteiger partial charge in [-0.25, -0.2) is 4.98 Å². The standard InChI is InChI=1S/C13H14ClN3O/c14-10-4-5-11(16-7-10)12-8-15-9-17(12)13-3-1-2-6-18-13/h4-5,7-9,13H,1-3,6H2. The monoisotopic (exact) mass is 263 g/mol. The lowest BCUT2D eigenvalue weighted by atomic mass is 10.2. The van der Waals surface area contributed by atoms with Crippen LogP contribution in [0.5, 0.6) is 0 Å². The van der Waals surface area contributed by atoms with Gasteiger partial charge in [-0.2, -0.15) is 0 Å². The van der Waals surface area contributed by atoms with E-state index < -0.39 is 0 Å². The van der Waals surface area contributed by atoms with E-state index in [1.807, 2.05) is 24.7 Å². The van der Waals surface area contributed by atoms with Crippen LogP contribution in [0.4, 0.5) is 0 Å². The van der Waals surface area contributed by atoms with Gasteiger partial charge in [-0.05, 0) is 31.4 Å². The van der Waals surface area contributed by atoms with Gasteiger partial charge < -0.3 is 9.30 Å². The Morgan fingerprint density at radius 1 is 1.28 bits per heavy atom. The molecule has 0 aromatic carbocycles. The summed E-state index contributed by atoms with van der Waals surface area (Å²) in [5.74, 6) is 0. The Hall–Kier alpha value is -1.39. The van der Waals surface area contributed by atoms with Crippen LogP contribution >= 0.6 is 11.6 Å². The van der Waals surface area contributed by atoms with Crippen molar-refractivity contribution in [3.8, 4) is 11.4 Å². The van der Waals surface area contributed by atoms with E-state index in [0.29, 0.717) is 5.02 Å². The third-order valence-electron chi connectivity index (χ3n) is 3.12. The SMILES string of the molecule is Clc1ccc(-c2cncn2C2CCCCO2)nc1. The van der Waals surface area contributed by atoms with Crippen LogP contribution in [-0.4, -0.2) is 21.1 Å². The van der Waals surface area contributed by atoms with Gasteiger partial charge in [-0.1, -0.05) is 11.6 Å². The Morgan fingerprint density at radius 2 is 2.22 bits per heavy atom. The Labute approximate surface area is 111 Å². The van der Waals surface area contributed by atoms with Crippen molar-refractivity contribution >= 4 is 11.6 Å². The van der Waals surface area contributed by atoms with Crippen molar-refractivity contribution in [3.63, 3.8) is 0 Å². The molecule has 1 saturated heterocycles.